The van der Waals surface area contributed by atoms with E-state index in [-0.39, 0.29) is 16.8 Å². The highest BCUT2D eigenvalue weighted by Gasteiger charge is 2.28. The quantitative estimate of drug-likeness (QED) is 0.725. The summed E-state index contributed by atoms with van der Waals surface area (Å²) in [6.07, 6.45) is 1.74. The first kappa shape index (κ1) is 16.8. The number of sulfonamides is 1. The zero-order valence-electron chi connectivity index (χ0n) is 14.0. The summed E-state index contributed by atoms with van der Waals surface area (Å²) in [5.74, 6) is -0.272. The van der Waals surface area contributed by atoms with Crippen LogP contribution in [0.15, 0.2) is 71.6 Å². The number of rotatable bonds is 5. The van der Waals surface area contributed by atoms with E-state index in [1.807, 2.05) is 36.4 Å². The van der Waals surface area contributed by atoms with Gasteiger partial charge >= 0.3 is 0 Å². The van der Waals surface area contributed by atoms with E-state index in [0.29, 0.717) is 11.3 Å². The van der Waals surface area contributed by atoms with E-state index >= 15 is 0 Å². The highest BCUT2D eigenvalue weighted by Crippen LogP contribution is 2.24. The van der Waals surface area contributed by atoms with Crippen LogP contribution in [-0.2, 0) is 10.0 Å². The first-order chi connectivity index (χ1) is 12.5. The fourth-order valence-electron chi connectivity index (χ4n) is 2.85. The maximum Gasteiger partial charge on any atom is 0.256 e. The van der Waals surface area contributed by atoms with Gasteiger partial charge in [0.25, 0.3) is 5.91 Å². The largest absolute Gasteiger partial charge is 0.322 e. The number of hydrogen-bond donors (Lipinski definition) is 2. The molecular formula is C20H18N2O3S. The van der Waals surface area contributed by atoms with Crippen molar-refractivity contribution in [1.82, 2.24) is 4.72 Å². The molecule has 4 rings (SSSR count). The molecule has 0 saturated heterocycles. The summed E-state index contributed by atoms with van der Waals surface area (Å²) in [4.78, 5) is 12.9. The third-order valence-corrected chi connectivity index (χ3v) is 5.85. The maximum absolute atomic E-state index is 12.7. The van der Waals surface area contributed by atoms with E-state index in [1.165, 1.54) is 12.1 Å². The summed E-state index contributed by atoms with van der Waals surface area (Å²) in [6, 6.07) is 19.5. The van der Waals surface area contributed by atoms with Gasteiger partial charge < -0.3 is 5.32 Å². The normalized spacial score (nSPS) is 14.3. The zero-order valence-corrected chi connectivity index (χ0v) is 14.8. The van der Waals surface area contributed by atoms with Gasteiger partial charge in [-0.05, 0) is 47.9 Å². The van der Waals surface area contributed by atoms with E-state index in [0.717, 1.165) is 23.6 Å². The van der Waals surface area contributed by atoms with Crippen LogP contribution in [-0.4, -0.2) is 20.4 Å². The lowest BCUT2D eigenvalue weighted by molar-refractivity contribution is 0.102. The molecule has 5 nitrogen and oxygen atoms in total. The van der Waals surface area contributed by atoms with Crippen LogP contribution in [0.1, 0.15) is 23.2 Å². The summed E-state index contributed by atoms with van der Waals surface area (Å²) in [5.41, 5.74) is 0.995. The fraction of sp³-hybridized carbons (Fsp3) is 0.150. The van der Waals surface area contributed by atoms with Crippen LogP contribution in [0.2, 0.25) is 0 Å². The van der Waals surface area contributed by atoms with Crippen molar-refractivity contribution < 1.29 is 13.2 Å². The Kier molecular flexibility index (Phi) is 4.22. The second-order valence-electron chi connectivity index (χ2n) is 6.40. The van der Waals surface area contributed by atoms with Crippen molar-refractivity contribution in [3.63, 3.8) is 0 Å². The minimum atomic E-state index is -3.56. The average molecular weight is 366 g/mol. The third-order valence-electron chi connectivity index (χ3n) is 4.34. The molecule has 0 aliphatic heterocycles. The van der Waals surface area contributed by atoms with E-state index in [4.69, 9.17) is 0 Å². The van der Waals surface area contributed by atoms with E-state index in [1.54, 1.807) is 18.2 Å². The topological polar surface area (TPSA) is 75.3 Å². The molecule has 0 unspecified atom stereocenters. The van der Waals surface area contributed by atoms with Crippen LogP contribution in [0, 0.1) is 0 Å². The zero-order chi connectivity index (χ0) is 18.1. The summed E-state index contributed by atoms with van der Waals surface area (Å²) in [5, 5.41) is 4.63. The Labute approximate surface area is 152 Å². The van der Waals surface area contributed by atoms with Crippen LogP contribution in [0.25, 0.3) is 10.8 Å². The van der Waals surface area contributed by atoms with Crippen molar-refractivity contribution >= 4 is 32.4 Å². The lowest BCUT2D eigenvalue weighted by atomic mass is 10.0. The van der Waals surface area contributed by atoms with Crippen LogP contribution >= 0.6 is 0 Å². The van der Waals surface area contributed by atoms with Crippen molar-refractivity contribution in [2.24, 2.45) is 0 Å². The molecule has 1 fully saturated rings. The van der Waals surface area contributed by atoms with Gasteiger partial charge in [0.1, 0.15) is 0 Å². The Hall–Kier alpha value is -2.70. The molecule has 2 N–H and O–H groups in total. The van der Waals surface area contributed by atoms with Crippen molar-refractivity contribution in [2.75, 3.05) is 5.32 Å². The highest BCUT2D eigenvalue weighted by molar-refractivity contribution is 7.89. The second kappa shape index (κ2) is 6.55. The van der Waals surface area contributed by atoms with Gasteiger partial charge in [-0.1, -0.05) is 42.5 Å². The van der Waals surface area contributed by atoms with Crippen molar-refractivity contribution in [1.29, 1.82) is 0 Å². The molecule has 1 saturated carbocycles. The van der Waals surface area contributed by atoms with Gasteiger partial charge in [-0.2, -0.15) is 0 Å². The van der Waals surface area contributed by atoms with E-state index in [2.05, 4.69) is 10.0 Å². The van der Waals surface area contributed by atoms with Gasteiger partial charge in [-0.15, -0.1) is 0 Å². The first-order valence-electron chi connectivity index (χ1n) is 8.44. The van der Waals surface area contributed by atoms with Gasteiger partial charge in [0, 0.05) is 17.3 Å². The predicted molar refractivity (Wildman–Crippen MR) is 102 cm³/mol. The molecule has 3 aromatic rings. The Morgan fingerprint density at radius 3 is 2.46 bits per heavy atom. The standard InChI is InChI=1S/C20H18N2O3S/c23-20(19-10-3-6-14-5-1-2-9-18(14)19)21-16-7-4-8-17(13-16)26(24,25)22-15-11-12-15/h1-10,13,15,22H,11-12H2,(H,21,23). The van der Waals surface area contributed by atoms with Gasteiger partial charge in [-0.3, -0.25) is 4.79 Å². The SMILES string of the molecule is O=C(Nc1cccc(S(=O)(=O)NC2CC2)c1)c1cccc2ccccc12. The van der Waals surface area contributed by atoms with E-state index < -0.39 is 10.0 Å². The molecule has 0 radical (unpaired) electrons. The summed E-state index contributed by atoms with van der Waals surface area (Å²) >= 11 is 0. The molecule has 26 heavy (non-hydrogen) atoms. The van der Waals surface area contributed by atoms with Crippen molar-refractivity contribution in [2.45, 2.75) is 23.8 Å². The van der Waals surface area contributed by atoms with Crippen LogP contribution in [0.4, 0.5) is 5.69 Å². The molecule has 0 bridgehead atoms. The van der Waals surface area contributed by atoms with Gasteiger partial charge in [-0.25, -0.2) is 13.1 Å². The minimum Gasteiger partial charge on any atom is -0.322 e. The Balaban J connectivity index is 1.61. The molecule has 132 valence electrons. The minimum absolute atomic E-state index is 0.0360. The Bertz CT molecular complexity index is 1080. The van der Waals surface area contributed by atoms with Gasteiger partial charge in [0.15, 0.2) is 0 Å². The molecule has 1 aliphatic rings. The number of carbonyl (C=O) groups is 1. The number of benzene rings is 3. The van der Waals surface area contributed by atoms with Gasteiger partial charge in [0.05, 0.1) is 4.90 Å². The van der Waals surface area contributed by atoms with E-state index in [9.17, 15) is 13.2 Å². The number of amides is 1. The van der Waals surface area contributed by atoms with Crippen LogP contribution < -0.4 is 10.0 Å². The third kappa shape index (κ3) is 3.47. The second-order valence-corrected chi connectivity index (χ2v) is 8.12. The molecular weight excluding hydrogens is 348 g/mol. The Morgan fingerprint density at radius 1 is 0.923 bits per heavy atom. The van der Waals surface area contributed by atoms with Gasteiger partial charge in [0.2, 0.25) is 10.0 Å². The molecule has 6 heteroatoms. The molecule has 0 spiro atoms. The summed E-state index contributed by atoms with van der Waals surface area (Å²) in [6.45, 7) is 0. The first-order valence-corrected chi connectivity index (χ1v) is 9.93. The number of carbonyl (C=O) groups excluding carboxylic acids is 1. The van der Waals surface area contributed by atoms with Crippen molar-refractivity contribution in [3.8, 4) is 0 Å². The molecule has 0 atom stereocenters. The molecule has 1 aliphatic carbocycles. The summed E-state index contributed by atoms with van der Waals surface area (Å²) in [7, 11) is -3.56. The van der Waals surface area contributed by atoms with Crippen LogP contribution in [0.3, 0.4) is 0 Å². The summed E-state index contributed by atoms with van der Waals surface area (Å²) < 4.78 is 27.3. The number of fused-ring (bicyclic) bond motifs is 1. The number of nitrogens with one attached hydrogen (secondary N) is 2. The lowest BCUT2D eigenvalue weighted by Crippen LogP contribution is -2.25. The fourth-order valence-corrected chi connectivity index (χ4v) is 4.20. The van der Waals surface area contributed by atoms with Crippen LogP contribution in [0.5, 0.6) is 0 Å². The average Bonchev–Trinajstić information content (AvgIpc) is 3.45. The monoisotopic (exact) mass is 366 g/mol. The number of anilines is 1. The van der Waals surface area contributed by atoms with Crippen molar-refractivity contribution in [3.05, 3.63) is 72.3 Å². The maximum atomic E-state index is 12.7. The molecule has 3 aromatic carbocycles. The molecule has 0 heterocycles. The Morgan fingerprint density at radius 2 is 1.65 bits per heavy atom. The number of hydrogen-bond acceptors (Lipinski definition) is 3. The highest BCUT2D eigenvalue weighted by atomic mass is 32.2. The smallest absolute Gasteiger partial charge is 0.256 e. The predicted octanol–water partition coefficient (Wildman–Crippen LogP) is 3.53. The molecule has 0 aromatic heterocycles. The lowest BCUT2D eigenvalue weighted by Gasteiger charge is -2.10. The molecule has 1 amide bonds.